The monoisotopic (exact) mass is 308 g/mol. The lowest BCUT2D eigenvalue weighted by atomic mass is 10.2. The van der Waals surface area contributed by atoms with Crippen LogP contribution in [0.1, 0.15) is 22.0 Å². The maximum Gasteiger partial charge on any atom is 0.252 e. The highest BCUT2D eigenvalue weighted by Gasteiger charge is 2.07. The lowest BCUT2D eigenvalue weighted by molar-refractivity contribution is 0.0939. The van der Waals surface area contributed by atoms with E-state index in [1.807, 2.05) is 26.0 Å². The number of carbonyl (C=O) groups excluding carboxylic acids is 1. The molecule has 0 fully saturated rings. The molecule has 6 heteroatoms. The van der Waals surface area contributed by atoms with Gasteiger partial charge in [-0.3, -0.25) is 4.79 Å². The van der Waals surface area contributed by atoms with E-state index in [4.69, 9.17) is 0 Å². The Morgan fingerprint density at radius 2 is 2.22 bits per heavy atom. The molecule has 5 nitrogen and oxygen atoms in total. The number of benzene rings is 1. The lowest BCUT2D eigenvalue weighted by Gasteiger charge is -2.06. The maximum absolute atomic E-state index is 11.9. The first kappa shape index (κ1) is 12.8. The molecule has 1 heterocycles. The van der Waals surface area contributed by atoms with E-state index in [9.17, 15) is 4.79 Å². The largest absolute Gasteiger partial charge is 0.333 e. The molecule has 0 aliphatic heterocycles. The van der Waals surface area contributed by atoms with Crippen molar-refractivity contribution >= 4 is 21.8 Å². The Morgan fingerprint density at radius 3 is 2.83 bits per heavy atom. The van der Waals surface area contributed by atoms with Crippen molar-refractivity contribution in [3.05, 3.63) is 46.0 Å². The standard InChI is InChI=1S/C12H13BrN4O/c1-8-15-9(2)17(16-8)7-14-12(18)10-4-3-5-11(13)6-10/h3-6H,7H2,1-2H3,(H,14,18). The third kappa shape index (κ3) is 2.95. The SMILES string of the molecule is Cc1nc(C)n(CNC(=O)c2cccc(Br)c2)n1. The van der Waals surface area contributed by atoms with Gasteiger partial charge in [-0.05, 0) is 32.0 Å². The summed E-state index contributed by atoms with van der Waals surface area (Å²) in [5.74, 6) is 1.34. The van der Waals surface area contributed by atoms with E-state index >= 15 is 0 Å². The van der Waals surface area contributed by atoms with Crippen LogP contribution in [0, 0.1) is 13.8 Å². The van der Waals surface area contributed by atoms with Gasteiger partial charge in [-0.25, -0.2) is 9.67 Å². The first-order valence-electron chi connectivity index (χ1n) is 5.48. The predicted octanol–water partition coefficient (Wildman–Crippen LogP) is 2.04. The van der Waals surface area contributed by atoms with Gasteiger partial charge in [-0.1, -0.05) is 22.0 Å². The predicted molar refractivity (Wildman–Crippen MR) is 71.1 cm³/mol. The minimum absolute atomic E-state index is 0.135. The van der Waals surface area contributed by atoms with E-state index in [0.29, 0.717) is 18.1 Å². The van der Waals surface area contributed by atoms with Crippen molar-refractivity contribution in [1.82, 2.24) is 20.1 Å². The van der Waals surface area contributed by atoms with Crippen LogP contribution in [0.3, 0.4) is 0 Å². The zero-order valence-electron chi connectivity index (χ0n) is 10.1. The van der Waals surface area contributed by atoms with Crippen LogP contribution in [0.15, 0.2) is 28.7 Å². The number of halogens is 1. The Bertz CT molecular complexity index is 579. The van der Waals surface area contributed by atoms with Gasteiger partial charge in [0, 0.05) is 10.0 Å². The summed E-state index contributed by atoms with van der Waals surface area (Å²) < 4.78 is 2.54. The Labute approximate surface area is 113 Å². The fraction of sp³-hybridized carbons (Fsp3) is 0.250. The van der Waals surface area contributed by atoms with E-state index < -0.39 is 0 Å². The molecule has 0 atom stereocenters. The molecule has 2 aromatic rings. The third-order valence-corrected chi connectivity index (χ3v) is 2.93. The van der Waals surface area contributed by atoms with Crippen molar-refractivity contribution in [3.8, 4) is 0 Å². The van der Waals surface area contributed by atoms with Crippen LogP contribution in [0.4, 0.5) is 0 Å². The topological polar surface area (TPSA) is 59.8 Å². The molecule has 1 aromatic carbocycles. The summed E-state index contributed by atoms with van der Waals surface area (Å²) in [6, 6.07) is 7.24. The molecule has 1 amide bonds. The number of nitrogens with zero attached hydrogens (tertiary/aromatic N) is 3. The zero-order valence-corrected chi connectivity index (χ0v) is 11.7. The molecule has 18 heavy (non-hydrogen) atoms. The number of carbonyl (C=O) groups is 1. The number of aryl methyl sites for hydroxylation is 2. The van der Waals surface area contributed by atoms with Crippen LogP contribution in [0.2, 0.25) is 0 Å². The third-order valence-electron chi connectivity index (χ3n) is 2.44. The normalized spacial score (nSPS) is 10.4. The first-order chi connectivity index (χ1) is 8.56. The second-order valence-corrected chi connectivity index (χ2v) is 4.80. The minimum Gasteiger partial charge on any atom is -0.333 e. The van der Waals surface area contributed by atoms with Crippen LogP contribution in [0.5, 0.6) is 0 Å². The molecule has 0 bridgehead atoms. The van der Waals surface area contributed by atoms with Gasteiger partial charge in [0.05, 0.1) is 0 Å². The van der Waals surface area contributed by atoms with Crippen LogP contribution < -0.4 is 5.32 Å². The fourth-order valence-electron chi connectivity index (χ4n) is 1.59. The number of hydrogen-bond donors (Lipinski definition) is 1. The lowest BCUT2D eigenvalue weighted by Crippen LogP contribution is -2.27. The van der Waals surface area contributed by atoms with E-state index in [2.05, 4.69) is 31.3 Å². The average Bonchev–Trinajstić information content (AvgIpc) is 2.65. The average molecular weight is 309 g/mol. The molecule has 94 valence electrons. The summed E-state index contributed by atoms with van der Waals surface area (Å²) >= 11 is 3.33. The Kier molecular flexibility index (Phi) is 3.76. The molecule has 0 saturated heterocycles. The molecule has 1 aromatic heterocycles. The van der Waals surface area contributed by atoms with E-state index in [-0.39, 0.29) is 5.91 Å². The molecule has 0 spiro atoms. The fourth-order valence-corrected chi connectivity index (χ4v) is 1.99. The van der Waals surface area contributed by atoms with Crippen molar-refractivity contribution in [3.63, 3.8) is 0 Å². The molecule has 0 aliphatic rings. The Morgan fingerprint density at radius 1 is 1.44 bits per heavy atom. The highest BCUT2D eigenvalue weighted by atomic mass is 79.9. The molecule has 0 aliphatic carbocycles. The van der Waals surface area contributed by atoms with Gasteiger partial charge in [0.2, 0.25) is 0 Å². The molecule has 0 radical (unpaired) electrons. The van der Waals surface area contributed by atoms with Gasteiger partial charge in [-0.15, -0.1) is 0 Å². The number of rotatable bonds is 3. The number of amides is 1. The highest BCUT2D eigenvalue weighted by Crippen LogP contribution is 2.11. The van der Waals surface area contributed by atoms with Gasteiger partial charge < -0.3 is 5.32 Å². The van der Waals surface area contributed by atoms with Crippen LogP contribution in [-0.4, -0.2) is 20.7 Å². The second kappa shape index (κ2) is 5.30. The molecule has 0 saturated carbocycles. The number of nitrogens with one attached hydrogen (secondary N) is 1. The number of aromatic nitrogens is 3. The summed E-state index contributed by atoms with van der Waals surface area (Å²) in [5.41, 5.74) is 0.610. The van der Waals surface area contributed by atoms with Crippen molar-refractivity contribution < 1.29 is 4.79 Å². The summed E-state index contributed by atoms with van der Waals surface area (Å²) in [7, 11) is 0. The van der Waals surface area contributed by atoms with Gasteiger partial charge in [0.15, 0.2) is 0 Å². The highest BCUT2D eigenvalue weighted by molar-refractivity contribution is 9.10. The minimum atomic E-state index is -0.135. The summed E-state index contributed by atoms with van der Waals surface area (Å²) in [5, 5.41) is 6.97. The van der Waals surface area contributed by atoms with Crippen molar-refractivity contribution in [2.24, 2.45) is 0 Å². The summed E-state index contributed by atoms with van der Waals surface area (Å²) in [4.78, 5) is 16.1. The van der Waals surface area contributed by atoms with E-state index in [1.165, 1.54) is 0 Å². The van der Waals surface area contributed by atoms with Crippen molar-refractivity contribution in [1.29, 1.82) is 0 Å². The Balaban J connectivity index is 2.02. The molecule has 0 unspecified atom stereocenters. The molecular weight excluding hydrogens is 296 g/mol. The Hall–Kier alpha value is -1.69. The van der Waals surface area contributed by atoms with Gasteiger partial charge >= 0.3 is 0 Å². The van der Waals surface area contributed by atoms with E-state index in [0.717, 1.165) is 10.3 Å². The van der Waals surface area contributed by atoms with Crippen molar-refractivity contribution in [2.75, 3.05) is 0 Å². The van der Waals surface area contributed by atoms with Gasteiger partial charge in [0.1, 0.15) is 18.3 Å². The van der Waals surface area contributed by atoms with E-state index in [1.54, 1.807) is 16.8 Å². The van der Waals surface area contributed by atoms with Gasteiger partial charge in [-0.2, -0.15) is 5.10 Å². The first-order valence-corrected chi connectivity index (χ1v) is 6.27. The van der Waals surface area contributed by atoms with Gasteiger partial charge in [0.25, 0.3) is 5.91 Å². The van der Waals surface area contributed by atoms with Crippen LogP contribution in [0.25, 0.3) is 0 Å². The number of hydrogen-bond acceptors (Lipinski definition) is 3. The quantitative estimate of drug-likeness (QED) is 0.944. The van der Waals surface area contributed by atoms with Crippen LogP contribution in [-0.2, 0) is 6.67 Å². The molecule has 1 N–H and O–H groups in total. The zero-order chi connectivity index (χ0) is 13.1. The smallest absolute Gasteiger partial charge is 0.252 e. The molecule has 2 rings (SSSR count). The summed E-state index contributed by atoms with van der Waals surface area (Å²) in [6.45, 7) is 3.99. The molecular formula is C12H13BrN4O. The van der Waals surface area contributed by atoms with Crippen molar-refractivity contribution in [2.45, 2.75) is 20.5 Å². The maximum atomic E-state index is 11.9. The summed E-state index contributed by atoms with van der Waals surface area (Å²) in [6.07, 6.45) is 0. The van der Waals surface area contributed by atoms with Crippen LogP contribution >= 0.6 is 15.9 Å². The second-order valence-electron chi connectivity index (χ2n) is 3.88.